The number of terminal acetylenes is 1. The molecule has 1 unspecified atom stereocenters. The van der Waals surface area contributed by atoms with Crippen LogP contribution < -0.4 is 0 Å². The molecule has 1 aromatic rings. The molecule has 1 amide bonds. The third-order valence-electron chi connectivity index (χ3n) is 2.37. The zero-order valence-electron chi connectivity index (χ0n) is 7.73. The Morgan fingerprint density at radius 1 is 1.79 bits per heavy atom. The molecular formula is C10H11N3O. The summed E-state index contributed by atoms with van der Waals surface area (Å²) in [4.78, 5) is 13.2. The van der Waals surface area contributed by atoms with Crippen LogP contribution in [0.5, 0.6) is 0 Å². The Morgan fingerprint density at radius 3 is 3.21 bits per heavy atom. The van der Waals surface area contributed by atoms with E-state index >= 15 is 0 Å². The average Bonchev–Trinajstić information content (AvgIpc) is 2.78. The van der Waals surface area contributed by atoms with Crippen LogP contribution in [0.3, 0.4) is 0 Å². The highest BCUT2D eigenvalue weighted by molar-refractivity contribution is 5.79. The van der Waals surface area contributed by atoms with Gasteiger partial charge in [-0.3, -0.25) is 9.89 Å². The fourth-order valence-electron chi connectivity index (χ4n) is 1.62. The summed E-state index contributed by atoms with van der Waals surface area (Å²) in [5.41, 5.74) is 0.941. The molecule has 1 aliphatic heterocycles. The molecule has 4 nitrogen and oxygen atoms in total. The van der Waals surface area contributed by atoms with Gasteiger partial charge in [0.05, 0.1) is 12.2 Å². The smallest absolute Gasteiger partial charge is 0.224 e. The van der Waals surface area contributed by atoms with E-state index in [0.29, 0.717) is 19.5 Å². The van der Waals surface area contributed by atoms with Gasteiger partial charge in [-0.15, -0.1) is 12.3 Å². The molecule has 14 heavy (non-hydrogen) atoms. The summed E-state index contributed by atoms with van der Waals surface area (Å²) in [7, 11) is 0. The lowest BCUT2D eigenvalue weighted by Gasteiger charge is -2.13. The van der Waals surface area contributed by atoms with Gasteiger partial charge < -0.3 is 4.90 Å². The monoisotopic (exact) mass is 189 g/mol. The summed E-state index contributed by atoms with van der Waals surface area (Å²) in [6.07, 6.45) is 7.43. The van der Waals surface area contributed by atoms with Crippen LogP contribution in [-0.4, -0.2) is 27.5 Å². The van der Waals surface area contributed by atoms with Crippen molar-refractivity contribution >= 4 is 5.91 Å². The van der Waals surface area contributed by atoms with E-state index in [1.165, 1.54) is 0 Å². The molecule has 2 rings (SSSR count). The highest BCUT2D eigenvalue weighted by Crippen LogP contribution is 2.18. The first-order valence-corrected chi connectivity index (χ1v) is 4.51. The molecule has 0 aromatic carbocycles. The average molecular weight is 189 g/mol. The van der Waals surface area contributed by atoms with Gasteiger partial charge in [-0.25, -0.2) is 0 Å². The number of carbonyl (C=O) groups is 1. The number of aromatic nitrogens is 2. The normalized spacial score (nSPS) is 21.2. The molecule has 1 aromatic heterocycles. The van der Waals surface area contributed by atoms with E-state index in [-0.39, 0.29) is 11.8 Å². The van der Waals surface area contributed by atoms with Crippen LogP contribution in [0.15, 0.2) is 12.3 Å². The van der Waals surface area contributed by atoms with Crippen LogP contribution in [0.25, 0.3) is 0 Å². The SMILES string of the molecule is C#CC1CC(=O)N(Cc2ccn[nH]2)C1. The molecular weight excluding hydrogens is 178 g/mol. The number of nitrogens with zero attached hydrogens (tertiary/aromatic N) is 2. The van der Waals surface area contributed by atoms with E-state index < -0.39 is 0 Å². The summed E-state index contributed by atoms with van der Waals surface area (Å²) in [6.45, 7) is 1.24. The van der Waals surface area contributed by atoms with Crippen molar-refractivity contribution in [1.29, 1.82) is 0 Å². The molecule has 0 radical (unpaired) electrons. The number of amides is 1. The fourth-order valence-corrected chi connectivity index (χ4v) is 1.62. The summed E-state index contributed by atoms with van der Waals surface area (Å²) in [5.74, 6) is 2.82. The van der Waals surface area contributed by atoms with Gasteiger partial charge in [0.25, 0.3) is 0 Å². The molecule has 4 heteroatoms. The van der Waals surface area contributed by atoms with E-state index in [2.05, 4.69) is 16.1 Å². The van der Waals surface area contributed by atoms with Crippen LogP contribution in [0.2, 0.25) is 0 Å². The van der Waals surface area contributed by atoms with Gasteiger partial charge >= 0.3 is 0 Å². The third kappa shape index (κ3) is 1.62. The van der Waals surface area contributed by atoms with Gasteiger partial charge in [0.1, 0.15) is 0 Å². The van der Waals surface area contributed by atoms with Crippen LogP contribution in [0.1, 0.15) is 12.1 Å². The van der Waals surface area contributed by atoms with Gasteiger partial charge in [-0.05, 0) is 6.07 Å². The maximum absolute atomic E-state index is 11.5. The second-order valence-corrected chi connectivity index (χ2v) is 3.42. The number of H-pyrrole nitrogens is 1. The molecule has 0 saturated carbocycles. The molecule has 72 valence electrons. The largest absolute Gasteiger partial charge is 0.336 e. The topological polar surface area (TPSA) is 49.0 Å². The predicted octanol–water partition coefficient (Wildman–Crippen LogP) is 0.391. The van der Waals surface area contributed by atoms with Crippen molar-refractivity contribution in [2.45, 2.75) is 13.0 Å². The zero-order chi connectivity index (χ0) is 9.97. The first-order chi connectivity index (χ1) is 6.79. The molecule has 0 aliphatic carbocycles. The Morgan fingerprint density at radius 2 is 2.64 bits per heavy atom. The Labute approximate surface area is 82.3 Å². The lowest BCUT2D eigenvalue weighted by molar-refractivity contribution is -0.128. The molecule has 0 bridgehead atoms. The first-order valence-electron chi connectivity index (χ1n) is 4.51. The third-order valence-corrected chi connectivity index (χ3v) is 2.37. The minimum atomic E-state index is 0.0745. The van der Waals surface area contributed by atoms with Crippen molar-refractivity contribution in [1.82, 2.24) is 15.1 Å². The molecule has 1 saturated heterocycles. The zero-order valence-corrected chi connectivity index (χ0v) is 7.73. The van der Waals surface area contributed by atoms with Gasteiger partial charge in [0, 0.05) is 25.1 Å². The summed E-state index contributed by atoms with van der Waals surface area (Å²) in [5, 5.41) is 6.65. The fraction of sp³-hybridized carbons (Fsp3) is 0.400. The quantitative estimate of drug-likeness (QED) is 0.684. The number of nitrogens with one attached hydrogen (secondary N) is 1. The number of rotatable bonds is 2. The van der Waals surface area contributed by atoms with Crippen LogP contribution in [0.4, 0.5) is 0 Å². The van der Waals surface area contributed by atoms with Crippen molar-refractivity contribution in [2.24, 2.45) is 5.92 Å². The van der Waals surface area contributed by atoms with E-state index in [1.54, 1.807) is 11.1 Å². The Balaban J connectivity index is 2.00. The van der Waals surface area contributed by atoms with E-state index in [1.807, 2.05) is 6.07 Å². The van der Waals surface area contributed by atoms with Crippen LogP contribution in [0, 0.1) is 18.3 Å². The minimum absolute atomic E-state index is 0.0745. The second kappa shape index (κ2) is 3.54. The number of hydrogen-bond acceptors (Lipinski definition) is 2. The lowest BCUT2D eigenvalue weighted by Crippen LogP contribution is -2.24. The second-order valence-electron chi connectivity index (χ2n) is 3.42. The van der Waals surface area contributed by atoms with Crippen LogP contribution in [-0.2, 0) is 11.3 Å². The van der Waals surface area contributed by atoms with E-state index in [4.69, 9.17) is 6.42 Å². The maximum atomic E-state index is 11.5. The summed E-state index contributed by atoms with van der Waals surface area (Å²) >= 11 is 0. The summed E-state index contributed by atoms with van der Waals surface area (Å²) < 4.78 is 0. The Bertz CT molecular complexity index is 363. The summed E-state index contributed by atoms with van der Waals surface area (Å²) in [6, 6.07) is 1.86. The van der Waals surface area contributed by atoms with Gasteiger partial charge in [0.2, 0.25) is 5.91 Å². The van der Waals surface area contributed by atoms with Crippen molar-refractivity contribution < 1.29 is 4.79 Å². The van der Waals surface area contributed by atoms with E-state index in [9.17, 15) is 4.79 Å². The van der Waals surface area contributed by atoms with Crippen LogP contribution >= 0.6 is 0 Å². The van der Waals surface area contributed by atoms with E-state index in [0.717, 1.165) is 5.69 Å². The molecule has 1 atom stereocenters. The number of aromatic amines is 1. The van der Waals surface area contributed by atoms with Gasteiger partial charge in [-0.2, -0.15) is 5.10 Å². The van der Waals surface area contributed by atoms with Crippen molar-refractivity contribution in [3.05, 3.63) is 18.0 Å². The first kappa shape index (κ1) is 8.82. The highest BCUT2D eigenvalue weighted by atomic mass is 16.2. The van der Waals surface area contributed by atoms with Crippen molar-refractivity contribution in [2.75, 3.05) is 6.54 Å². The standard InChI is InChI=1S/C10H11N3O/c1-2-8-5-10(14)13(6-8)7-9-3-4-11-12-9/h1,3-4,8H,5-7H2,(H,11,12). The number of likely N-dealkylation sites (tertiary alicyclic amines) is 1. The minimum Gasteiger partial charge on any atom is -0.336 e. The number of carbonyl (C=O) groups excluding carboxylic acids is 1. The molecule has 1 fully saturated rings. The molecule has 1 N–H and O–H groups in total. The van der Waals surface area contributed by atoms with Gasteiger partial charge in [-0.1, -0.05) is 0 Å². The van der Waals surface area contributed by atoms with Crippen molar-refractivity contribution in [3.63, 3.8) is 0 Å². The lowest BCUT2D eigenvalue weighted by atomic mass is 10.1. The Hall–Kier alpha value is -1.76. The maximum Gasteiger partial charge on any atom is 0.224 e. The highest BCUT2D eigenvalue weighted by Gasteiger charge is 2.28. The van der Waals surface area contributed by atoms with Crippen molar-refractivity contribution in [3.8, 4) is 12.3 Å². The molecule has 2 heterocycles. The Kier molecular flexibility index (Phi) is 2.23. The molecule has 0 spiro atoms. The van der Waals surface area contributed by atoms with Gasteiger partial charge in [0.15, 0.2) is 0 Å². The predicted molar refractivity (Wildman–Crippen MR) is 50.9 cm³/mol. The molecule has 1 aliphatic rings. The number of hydrogen-bond donors (Lipinski definition) is 1.